The van der Waals surface area contributed by atoms with E-state index in [1.165, 1.54) is 22.9 Å². The highest BCUT2D eigenvalue weighted by molar-refractivity contribution is 8.00. The molecule has 3 aromatic carbocycles. The quantitative estimate of drug-likeness (QED) is 0.366. The zero-order valence-corrected chi connectivity index (χ0v) is 19.8. The van der Waals surface area contributed by atoms with Gasteiger partial charge in [-0.3, -0.25) is 4.79 Å². The Kier molecular flexibility index (Phi) is 6.65. The first-order valence-electron chi connectivity index (χ1n) is 11.3. The maximum atomic E-state index is 13.4. The molecule has 1 aliphatic heterocycles. The molecule has 166 valence electrons. The smallest absolute Gasteiger partial charge is 0.253 e. The van der Waals surface area contributed by atoms with Crippen LogP contribution in [0, 0.1) is 5.92 Å². The highest BCUT2D eigenvalue weighted by Gasteiger charge is 2.43. The molecule has 5 heteroatoms. The summed E-state index contributed by atoms with van der Waals surface area (Å²) < 4.78 is 0. The van der Waals surface area contributed by atoms with E-state index in [1.807, 2.05) is 48.5 Å². The summed E-state index contributed by atoms with van der Waals surface area (Å²) in [6.07, 6.45) is 5.38. The topological polar surface area (TPSA) is 32.7 Å². The predicted octanol–water partition coefficient (Wildman–Crippen LogP) is 7.26. The number of carbonyl (C=O) groups is 1. The fourth-order valence-electron chi connectivity index (χ4n) is 4.68. The fourth-order valence-corrected chi connectivity index (χ4v) is 5.56. The van der Waals surface area contributed by atoms with Gasteiger partial charge in [0.2, 0.25) is 0 Å². The summed E-state index contributed by atoms with van der Waals surface area (Å²) in [6, 6.07) is 28.3. The van der Waals surface area contributed by atoms with E-state index in [9.17, 15) is 4.79 Å². The lowest BCUT2D eigenvalue weighted by Crippen LogP contribution is -2.32. The standard InChI is InChI=1S/C28H25ClN2OS/c29-23-14-16-24(17-15-23)33-19-26(32)31-28(21-10-5-2-6-11-21)25-13-7-12-22(27(25)30-31)18-20-8-3-1-4-9-20/h1-6,8-11,14-18,25,28H,7,12-13,19H2. The van der Waals surface area contributed by atoms with Gasteiger partial charge < -0.3 is 0 Å². The normalized spacial score (nSPS) is 21.1. The zero-order valence-electron chi connectivity index (χ0n) is 18.2. The van der Waals surface area contributed by atoms with Crippen LogP contribution in [-0.4, -0.2) is 22.4 Å². The first-order valence-corrected chi connectivity index (χ1v) is 12.7. The van der Waals surface area contributed by atoms with Gasteiger partial charge in [0.1, 0.15) is 0 Å². The van der Waals surface area contributed by atoms with Gasteiger partial charge >= 0.3 is 0 Å². The maximum absolute atomic E-state index is 13.4. The van der Waals surface area contributed by atoms with Gasteiger partial charge in [-0.1, -0.05) is 72.3 Å². The van der Waals surface area contributed by atoms with Crippen LogP contribution in [0.1, 0.15) is 36.4 Å². The van der Waals surface area contributed by atoms with Crippen LogP contribution in [0.3, 0.4) is 0 Å². The molecule has 0 radical (unpaired) electrons. The van der Waals surface area contributed by atoms with Gasteiger partial charge in [-0.15, -0.1) is 11.8 Å². The van der Waals surface area contributed by atoms with E-state index in [0.717, 1.165) is 35.4 Å². The van der Waals surface area contributed by atoms with Crippen molar-refractivity contribution in [2.24, 2.45) is 11.0 Å². The van der Waals surface area contributed by atoms with Crippen molar-refractivity contribution in [3.05, 3.63) is 107 Å². The molecule has 0 spiro atoms. The molecule has 3 aromatic rings. The van der Waals surface area contributed by atoms with Crippen LogP contribution in [0.4, 0.5) is 0 Å². The third-order valence-corrected chi connectivity index (χ3v) is 7.46. The van der Waals surface area contributed by atoms with E-state index >= 15 is 0 Å². The van der Waals surface area contributed by atoms with E-state index in [-0.39, 0.29) is 17.9 Å². The fraction of sp³-hybridized carbons (Fsp3) is 0.214. The number of amides is 1. The highest BCUT2D eigenvalue weighted by atomic mass is 35.5. The average molecular weight is 473 g/mol. The van der Waals surface area contributed by atoms with Crippen molar-refractivity contribution in [2.45, 2.75) is 30.2 Å². The van der Waals surface area contributed by atoms with Gasteiger partial charge in [0.15, 0.2) is 0 Å². The summed E-state index contributed by atoms with van der Waals surface area (Å²) >= 11 is 7.52. The Morgan fingerprint density at radius 3 is 2.42 bits per heavy atom. The molecule has 1 amide bonds. The number of halogens is 1. The van der Waals surface area contributed by atoms with Gasteiger partial charge in [-0.05, 0) is 66.3 Å². The van der Waals surface area contributed by atoms with Crippen molar-refractivity contribution in [2.75, 3.05) is 5.75 Å². The Bertz CT molecular complexity index is 1180. The Labute approximate surface area is 204 Å². The summed E-state index contributed by atoms with van der Waals surface area (Å²) in [5.41, 5.74) is 4.64. The van der Waals surface area contributed by atoms with Crippen LogP contribution in [0.2, 0.25) is 5.02 Å². The molecule has 1 fully saturated rings. The second-order valence-corrected chi connectivity index (χ2v) is 9.89. The van der Waals surface area contributed by atoms with Crippen LogP contribution < -0.4 is 0 Å². The average Bonchev–Trinajstić information content (AvgIpc) is 3.25. The lowest BCUT2D eigenvalue weighted by atomic mass is 9.77. The number of benzene rings is 3. The number of thioether (sulfide) groups is 1. The molecule has 0 aromatic heterocycles. The second-order valence-electron chi connectivity index (χ2n) is 8.40. The maximum Gasteiger partial charge on any atom is 0.253 e. The van der Waals surface area contributed by atoms with Gasteiger partial charge in [-0.25, -0.2) is 5.01 Å². The molecule has 33 heavy (non-hydrogen) atoms. The minimum Gasteiger partial charge on any atom is -0.272 e. The van der Waals surface area contributed by atoms with Crippen LogP contribution in [0.5, 0.6) is 0 Å². The van der Waals surface area contributed by atoms with Crippen molar-refractivity contribution in [1.82, 2.24) is 5.01 Å². The van der Waals surface area contributed by atoms with Gasteiger partial charge in [0.25, 0.3) is 5.91 Å². The van der Waals surface area contributed by atoms with Gasteiger partial charge in [-0.2, -0.15) is 5.10 Å². The van der Waals surface area contributed by atoms with Crippen molar-refractivity contribution in [1.29, 1.82) is 0 Å². The number of carbonyl (C=O) groups excluding carboxylic acids is 1. The third-order valence-electron chi connectivity index (χ3n) is 6.21. The van der Waals surface area contributed by atoms with Crippen molar-refractivity contribution in [3.8, 4) is 0 Å². The minimum absolute atomic E-state index is 0.0322. The highest BCUT2D eigenvalue weighted by Crippen LogP contribution is 2.44. The number of fused-ring (bicyclic) bond motifs is 1. The van der Waals surface area contributed by atoms with E-state index in [4.69, 9.17) is 16.7 Å². The van der Waals surface area contributed by atoms with Crippen LogP contribution in [-0.2, 0) is 4.79 Å². The van der Waals surface area contributed by atoms with E-state index < -0.39 is 0 Å². The van der Waals surface area contributed by atoms with E-state index in [0.29, 0.717) is 10.8 Å². The molecular formula is C28H25ClN2OS. The summed E-state index contributed by atoms with van der Waals surface area (Å²) in [5.74, 6) is 0.594. The summed E-state index contributed by atoms with van der Waals surface area (Å²) in [6.45, 7) is 0. The zero-order chi connectivity index (χ0) is 22.6. The first-order chi connectivity index (χ1) is 16.2. The monoisotopic (exact) mass is 472 g/mol. The summed E-state index contributed by atoms with van der Waals surface area (Å²) in [7, 11) is 0. The molecule has 0 saturated heterocycles. The number of hydrogen-bond acceptors (Lipinski definition) is 3. The Morgan fingerprint density at radius 1 is 1.00 bits per heavy atom. The second kappa shape index (κ2) is 9.98. The summed E-state index contributed by atoms with van der Waals surface area (Å²) in [5, 5.41) is 7.42. The number of rotatable bonds is 5. The molecule has 3 nitrogen and oxygen atoms in total. The van der Waals surface area contributed by atoms with Gasteiger partial charge in [0.05, 0.1) is 17.5 Å². The Morgan fingerprint density at radius 2 is 1.70 bits per heavy atom. The first kappa shape index (κ1) is 22.0. The number of allylic oxidation sites excluding steroid dienone is 1. The third kappa shape index (κ3) is 4.92. The molecule has 0 N–H and O–H groups in total. The number of hydrazone groups is 1. The van der Waals surface area contributed by atoms with Gasteiger partial charge in [0, 0.05) is 15.8 Å². The number of hydrogen-bond donors (Lipinski definition) is 0. The van der Waals surface area contributed by atoms with Crippen molar-refractivity contribution < 1.29 is 4.79 Å². The molecular weight excluding hydrogens is 448 g/mol. The van der Waals surface area contributed by atoms with Crippen LogP contribution in [0.25, 0.3) is 6.08 Å². The van der Waals surface area contributed by atoms with Crippen molar-refractivity contribution in [3.63, 3.8) is 0 Å². The number of nitrogens with zero attached hydrogens (tertiary/aromatic N) is 2. The minimum atomic E-state index is -0.0565. The predicted molar refractivity (Wildman–Crippen MR) is 137 cm³/mol. The van der Waals surface area contributed by atoms with E-state index in [2.05, 4.69) is 42.5 Å². The van der Waals surface area contributed by atoms with E-state index in [1.54, 1.807) is 5.01 Å². The Balaban J connectivity index is 1.45. The molecule has 2 atom stereocenters. The SMILES string of the molecule is O=C(CSc1ccc(Cl)cc1)N1N=C2C(=Cc3ccccc3)CCCC2C1c1ccccc1. The van der Waals surface area contributed by atoms with Crippen LogP contribution in [0.15, 0.2) is 100 Å². The molecule has 0 bridgehead atoms. The molecule has 2 aliphatic rings. The molecule has 5 rings (SSSR count). The molecule has 1 heterocycles. The Hall–Kier alpha value is -2.82. The largest absolute Gasteiger partial charge is 0.272 e. The lowest BCUT2D eigenvalue weighted by molar-refractivity contribution is -0.130. The van der Waals surface area contributed by atoms with Crippen LogP contribution >= 0.6 is 23.4 Å². The molecule has 1 aliphatic carbocycles. The van der Waals surface area contributed by atoms with Crippen molar-refractivity contribution >= 4 is 41.1 Å². The lowest BCUT2D eigenvalue weighted by Gasteiger charge is -2.29. The molecule has 2 unspecified atom stereocenters. The summed E-state index contributed by atoms with van der Waals surface area (Å²) in [4.78, 5) is 14.5. The molecule has 1 saturated carbocycles.